The molecule has 7 nitrogen and oxygen atoms in total. The first-order chi connectivity index (χ1) is 15.0. The van der Waals surface area contributed by atoms with Gasteiger partial charge in [0.1, 0.15) is 16.0 Å². The van der Waals surface area contributed by atoms with E-state index in [1.807, 2.05) is 0 Å². The van der Waals surface area contributed by atoms with Gasteiger partial charge in [0.25, 0.3) is 0 Å². The summed E-state index contributed by atoms with van der Waals surface area (Å²) in [5.41, 5.74) is 1.68. The van der Waals surface area contributed by atoms with Gasteiger partial charge in [0.05, 0.1) is 16.3 Å². The first-order valence-electron chi connectivity index (χ1n) is 10.4. The fraction of sp³-hybridized carbons (Fsp3) is 0.476. The lowest BCUT2D eigenvalue weighted by Gasteiger charge is -2.19. The number of thioether (sulfide) groups is 1. The van der Waals surface area contributed by atoms with Crippen LogP contribution in [-0.2, 0) is 27.7 Å². The molecule has 1 amide bonds. The average molecular weight is 477 g/mol. The van der Waals surface area contributed by atoms with Crippen molar-refractivity contribution in [1.82, 2.24) is 9.29 Å². The van der Waals surface area contributed by atoms with Crippen molar-refractivity contribution in [2.75, 3.05) is 24.2 Å². The predicted octanol–water partition coefficient (Wildman–Crippen LogP) is 3.80. The number of nitriles is 1. The topological polar surface area (TPSA) is 103 Å². The number of rotatable bonds is 6. The second-order valence-corrected chi connectivity index (χ2v) is 11.7. The molecule has 1 fully saturated rings. The van der Waals surface area contributed by atoms with E-state index in [0.29, 0.717) is 28.7 Å². The lowest BCUT2D eigenvalue weighted by Crippen LogP contribution is -2.32. The van der Waals surface area contributed by atoms with E-state index in [1.165, 1.54) is 34.2 Å². The van der Waals surface area contributed by atoms with Crippen LogP contribution in [-0.4, -0.2) is 42.5 Å². The zero-order valence-electron chi connectivity index (χ0n) is 17.1. The number of hydrogen-bond acceptors (Lipinski definition) is 7. The minimum absolute atomic E-state index is 0.138. The number of fused-ring (bicyclic) bond motifs is 1. The fourth-order valence-electron chi connectivity index (χ4n) is 3.95. The number of aryl methyl sites for hydroxylation is 1. The van der Waals surface area contributed by atoms with Crippen molar-refractivity contribution in [2.45, 2.75) is 54.9 Å². The van der Waals surface area contributed by atoms with Crippen LogP contribution < -0.4 is 5.32 Å². The van der Waals surface area contributed by atoms with Gasteiger partial charge in [-0.2, -0.15) is 9.57 Å². The molecule has 0 radical (unpaired) electrons. The number of hydrogen-bond donors (Lipinski definition) is 1. The summed E-state index contributed by atoms with van der Waals surface area (Å²) in [6.45, 7) is 1.10. The first-order valence-corrected chi connectivity index (χ1v) is 13.7. The second kappa shape index (κ2) is 9.69. The first kappa shape index (κ1) is 22.3. The number of carbonyl (C=O) groups excluding carboxylic acids is 1. The number of pyridine rings is 1. The molecule has 31 heavy (non-hydrogen) atoms. The number of nitrogens with one attached hydrogen (secondary N) is 1. The summed E-state index contributed by atoms with van der Waals surface area (Å²) in [7, 11) is -3.53. The zero-order chi connectivity index (χ0) is 21.8. The molecule has 0 atom stereocenters. The third kappa shape index (κ3) is 4.95. The van der Waals surface area contributed by atoms with E-state index in [4.69, 9.17) is 0 Å². The van der Waals surface area contributed by atoms with Gasteiger partial charge < -0.3 is 5.32 Å². The molecule has 2 aromatic rings. The van der Waals surface area contributed by atoms with Crippen LogP contribution in [0, 0.1) is 11.3 Å². The highest BCUT2D eigenvalue weighted by molar-refractivity contribution is 7.99. The van der Waals surface area contributed by atoms with E-state index < -0.39 is 10.0 Å². The number of sulfonamides is 1. The number of aromatic nitrogens is 1. The molecule has 0 spiro atoms. The molecule has 2 aliphatic rings. The molecule has 1 saturated heterocycles. The summed E-state index contributed by atoms with van der Waals surface area (Å²) in [5.74, 6) is -0.0666. The van der Waals surface area contributed by atoms with Crippen LogP contribution in [0.5, 0.6) is 0 Å². The van der Waals surface area contributed by atoms with E-state index in [1.54, 1.807) is 16.4 Å². The Bertz CT molecular complexity index is 1100. The Kier molecular flexibility index (Phi) is 6.96. The second-order valence-electron chi connectivity index (χ2n) is 7.66. The van der Waals surface area contributed by atoms with Crippen molar-refractivity contribution < 1.29 is 13.2 Å². The summed E-state index contributed by atoms with van der Waals surface area (Å²) in [6.07, 6.45) is 8.20. The van der Waals surface area contributed by atoms with Crippen LogP contribution in [0.1, 0.15) is 48.1 Å². The molecule has 0 bridgehead atoms. The summed E-state index contributed by atoms with van der Waals surface area (Å²) in [4.78, 5) is 18.0. The van der Waals surface area contributed by atoms with Crippen LogP contribution in [0.2, 0.25) is 0 Å². The van der Waals surface area contributed by atoms with Crippen LogP contribution in [0.3, 0.4) is 0 Å². The van der Waals surface area contributed by atoms with Gasteiger partial charge >= 0.3 is 0 Å². The smallest absolute Gasteiger partial charge is 0.244 e. The molecule has 0 saturated carbocycles. The SMILES string of the molecule is N#Cc1c(NC(=O)CSc2ccc(S(=O)(=O)N3CCCCCC3)cn2)sc2c1CCC2. The highest BCUT2D eigenvalue weighted by Gasteiger charge is 2.26. The molecule has 2 aromatic heterocycles. The Morgan fingerprint density at radius 3 is 2.65 bits per heavy atom. The maximum Gasteiger partial charge on any atom is 0.244 e. The number of carbonyl (C=O) groups is 1. The van der Waals surface area contributed by atoms with Gasteiger partial charge in [-0.25, -0.2) is 13.4 Å². The minimum Gasteiger partial charge on any atom is -0.316 e. The Morgan fingerprint density at radius 1 is 1.19 bits per heavy atom. The zero-order valence-corrected chi connectivity index (χ0v) is 19.5. The summed E-state index contributed by atoms with van der Waals surface area (Å²) in [5, 5.41) is 13.5. The monoisotopic (exact) mass is 476 g/mol. The lowest BCUT2D eigenvalue weighted by atomic mass is 10.1. The standard InChI is InChI=1S/C21H24N4O3S3/c22-12-17-16-6-5-7-18(16)30-21(17)24-19(26)14-29-20-9-8-15(13-23-20)31(27,28)25-10-3-1-2-4-11-25/h8-9,13H,1-7,10-11,14H2,(H,24,26). The van der Waals surface area contributed by atoms with Crippen molar-refractivity contribution in [3.63, 3.8) is 0 Å². The maximum atomic E-state index is 12.8. The van der Waals surface area contributed by atoms with E-state index in [9.17, 15) is 18.5 Å². The van der Waals surface area contributed by atoms with Crippen molar-refractivity contribution in [3.05, 3.63) is 34.3 Å². The van der Waals surface area contributed by atoms with Gasteiger partial charge in [-0.1, -0.05) is 24.6 Å². The molecular weight excluding hydrogens is 452 g/mol. The van der Waals surface area contributed by atoms with E-state index in [2.05, 4.69) is 16.4 Å². The van der Waals surface area contributed by atoms with Gasteiger partial charge in [0, 0.05) is 24.2 Å². The molecular formula is C21H24N4O3S3. The molecule has 1 N–H and O–H groups in total. The van der Waals surface area contributed by atoms with Gasteiger partial charge in [0.2, 0.25) is 15.9 Å². The van der Waals surface area contributed by atoms with E-state index >= 15 is 0 Å². The van der Waals surface area contributed by atoms with Crippen molar-refractivity contribution >= 4 is 44.0 Å². The normalized spacial score (nSPS) is 17.0. The largest absolute Gasteiger partial charge is 0.316 e. The minimum atomic E-state index is -3.53. The third-order valence-electron chi connectivity index (χ3n) is 5.55. The van der Waals surface area contributed by atoms with Crippen molar-refractivity contribution in [3.8, 4) is 6.07 Å². The Balaban J connectivity index is 1.35. The van der Waals surface area contributed by atoms with Crippen LogP contribution >= 0.6 is 23.1 Å². The summed E-state index contributed by atoms with van der Waals surface area (Å²) in [6, 6.07) is 5.42. The molecule has 164 valence electrons. The van der Waals surface area contributed by atoms with Crippen LogP contribution in [0.15, 0.2) is 28.3 Å². The number of amides is 1. The fourth-order valence-corrected chi connectivity index (χ4v) is 7.31. The highest BCUT2D eigenvalue weighted by atomic mass is 32.2. The molecule has 0 aromatic carbocycles. The van der Waals surface area contributed by atoms with Crippen LogP contribution in [0.25, 0.3) is 0 Å². The molecule has 1 aliphatic carbocycles. The van der Waals surface area contributed by atoms with Crippen molar-refractivity contribution in [1.29, 1.82) is 5.26 Å². The van der Waals surface area contributed by atoms with Crippen LogP contribution in [0.4, 0.5) is 5.00 Å². The lowest BCUT2D eigenvalue weighted by molar-refractivity contribution is -0.113. The summed E-state index contributed by atoms with van der Waals surface area (Å²) < 4.78 is 27.2. The molecule has 4 rings (SSSR count). The van der Waals surface area contributed by atoms with Gasteiger partial charge in [-0.05, 0) is 49.8 Å². The quantitative estimate of drug-likeness (QED) is 0.636. The third-order valence-corrected chi connectivity index (χ3v) is 9.58. The Morgan fingerprint density at radius 2 is 1.97 bits per heavy atom. The number of thiophene rings is 1. The van der Waals surface area contributed by atoms with Gasteiger partial charge in [-0.15, -0.1) is 11.3 Å². The van der Waals surface area contributed by atoms with Gasteiger partial charge in [0.15, 0.2) is 0 Å². The Labute approximate surface area is 190 Å². The summed E-state index contributed by atoms with van der Waals surface area (Å²) >= 11 is 2.73. The maximum absolute atomic E-state index is 12.8. The predicted molar refractivity (Wildman–Crippen MR) is 122 cm³/mol. The van der Waals surface area contributed by atoms with E-state index in [0.717, 1.165) is 50.5 Å². The van der Waals surface area contributed by atoms with Gasteiger partial charge in [-0.3, -0.25) is 4.79 Å². The molecule has 3 heterocycles. The Hall–Kier alpha value is -1.93. The molecule has 0 unspecified atom stereocenters. The molecule has 10 heteroatoms. The average Bonchev–Trinajstić information content (AvgIpc) is 3.21. The number of nitrogens with zero attached hydrogens (tertiary/aromatic N) is 3. The molecule has 1 aliphatic heterocycles. The number of anilines is 1. The highest BCUT2D eigenvalue weighted by Crippen LogP contribution is 2.38. The van der Waals surface area contributed by atoms with Crippen molar-refractivity contribution in [2.24, 2.45) is 0 Å². The van der Waals surface area contributed by atoms with E-state index in [-0.39, 0.29) is 16.6 Å².